The van der Waals surface area contributed by atoms with Crippen LogP contribution in [0.5, 0.6) is 0 Å². The summed E-state index contributed by atoms with van der Waals surface area (Å²) in [5, 5.41) is 0. The second-order valence-corrected chi connectivity index (χ2v) is 8.90. The molecule has 0 amide bonds. The Labute approximate surface area is 205 Å². The van der Waals surface area contributed by atoms with Gasteiger partial charge >= 0.3 is 29.6 Å². The van der Waals surface area contributed by atoms with Crippen molar-refractivity contribution in [3.05, 3.63) is 35.9 Å². The fourth-order valence-corrected chi connectivity index (χ4v) is 3.89. The molecule has 0 aromatic heterocycles. The van der Waals surface area contributed by atoms with Gasteiger partial charge in [0, 0.05) is 5.56 Å². The molecule has 0 aliphatic heterocycles. The molecule has 0 N–H and O–H groups in total. The van der Waals surface area contributed by atoms with E-state index in [9.17, 15) is 0 Å². The van der Waals surface area contributed by atoms with E-state index < -0.39 is 0 Å². The SMILES string of the molecule is CCCCCCCCCCCCCCCC[N+](C)(C)Cc1ccccc1.Cl.[NaH]. The summed E-state index contributed by atoms with van der Waals surface area (Å²) in [6, 6.07) is 10.9. The van der Waals surface area contributed by atoms with Crippen molar-refractivity contribution >= 4 is 42.0 Å². The van der Waals surface area contributed by atoms with Crippen molar-refractivity contribution in [1.82, 2.24) is 0 Å². The van der Waals surface area contributed by atoms with Crippen molar-refractivity contribution in [3.63, 3.8) is 0 Å². The first kappa shape index (κ1) is 30.7. The zero-order chi connectivity index (χ0) is 18.9. The molecular formula is C25H48ClNNa+. The van der Waals surface area contributed by atoms with Crippen molar-refractivity contribution in [3.8, 4) is 0 Å². The van der Waals surface area contributed by atoms with Gasteiger partial charge in [-0.05, 0) is 12.8 Å². The van der Waals surface area contributed by atoms with Gasteiger partial charge in [0.2, 0.25) is 0 Å². The summed E-state index contributed by atoms with van der Waals surface area (Å²) < 4.78 is 1.11. The van der Waals surface area contributed by atoms with Crippen LogP contribution in [0.15, 0.2) is 30.3 Å². The van der Waals surface area contributed by atoms with Gasteiger partial charge in [-0.3, -0.25) is 0 Å². The van der Waals surface area contributed by atoms with E-state index >= 15 is 0 Å². The van der Waals surface area contributed by atoms with Crippen LogP contribution in [0.1, 0.15) is 102 Å². The summed E-state index contributed by atoms with van der Waals surface area (Å²) in [4.78, 5) is 0. The maximum absolute atomic E-state index is 2.37. The number of hydrogen-bond acceptors (Lipinski definition) is 0. The van der Waals surface area contributed by atoms with E-state index in [1.807, 2.05) is 0 Å². The van der Waals surface area contributed by atoms with E-state index in [4.69, 9.17) is 0 Å². The second-order valence-electron chi connectivity index (χ2n) is 8.90. The number of benzene rings is 1. The number of unbranched alkanes of at least 4 members (excludes halogenated alkanes) is 13. The van der Waals surface area contributed by atoms with Crippen LogP contribution in [0, 0.1) is 0 Å². The first-order valence-electron chi connectivity index (χ1n) is 11.5. The van der Waals surface area contributed by atoms with Crippen LogP contribution < -0.4 is 0 Å². The molecule has 0 unspecified atom stereocenters. The molecule has 1 aromatic carbocycles. The van der Waals surface area contributed by atoms with Crippen LogP contribution in [0.4, 0.5) is 0 Å². The normalized spacial score (nSPS) is 11.0. The summed E-state index contributed by atoms with van der Waals surface area (Å²) in [6.07, 6.45) is 20.2. The van der Waals surface area contributed by atoms with Gasteiger partial charge in [0.25, 0.3) is 0 Å². The predicted molar refractivity (Wildman–Crippen MR) is 132 cm³/mol. The topological polar surface area (TPSA) is 0 Å². The van der Waals surface area contributed by atoms with E-state index in [0.717, 1.165) is 11.0 Å². The minimum atomic E-state index is 0. The van der Waals surface area contributed by atoms with Crippen LogP contribution in [0.2, 0.25) is 0 Å². The predicted octanol–water partition coefficient (Wildman–Crippen LogP) is 7.52. The van der Waals surface area contributed by atoms with E-state index in [1.165, 1.54) is 102 Å². The van der Waals surface area contributed by atoms with Gasteiger partial charge in [-0.15, -0.1) is 12.4 Å². The summed E-state index contributed by atoms with van der Waals surface area (Å²) in [6.45, 7) is 4.75. The fraction of sp³-hybridized carbons (Fsp3) is 0.760. The molecule has 1 aromatic rings. The average Bonchev–Trinajstić information content (AvgIpc) is 2.62. The monoisotopic (exact) mass is 420 g/mol. The molecule has 160 valence electrons. The average molecular weight is 421 g/mol. The van der Waals surface area contributed by atoms with E-state index in [1.54, 1.807) is 0 Å². The molecule has 0 spiro atoms. The molecule has 0 saturated carbocycles. The Balaban J connectivity index is 0. The Hall–Kier alpha value is 0.470. The van der Waals surface area contributed by atoms with E-state index in [0.29, 0.717) is 0 Å². The first-order chi connectivity index (χ1) is 12.6. The molecule has 0 aliphatic carbocycles. The Morgan fingerprint density at radius 1 is 0.607 bits per heavy atom. The van der Waals surface area contributed by atoms with Crippen LogP contribution in [0.25, 0.3) is 0 Å². The maximum atomic E-state index is 2.37. The van der Waals surface area contributed by atoms with Crippen molar-refractivity contribution in [2.75, 3.05) is 20.6 Å². The summed E-state index contributed by atoms with van der Waals surface area (Å²) in [5.74, 6) is 0. The zero-order valence-electron chi connectivity index (χ0n) is 18.6. The van der Waals surface area contributed by atoms with Gasteiger partial charge in [0.05, 0.1) is 20.6 Å². The minimum absolute atomic E-state index is 0. The van der Waals surface area contributed by atoms with Crippen LogP contribution >= 0.6 is 12.4 Å². The number of halogens is 1. The third-order valence-electron chi connectivity index (χ3n) is 5.57. The van der Waals surface area contributed by atoms with Crippen LogP contribution in [0.3, 0.4) is 0 Å². The second kappa shape index (κ2) is 20.7. The Morgan fingerprint density at radius 2 is 1.00 bits per heavy atom. The van der Waals surface area contributed by atoms with Crippen molar-refractivity contribution in [2.45, 2.75) is 103 Å². The molecule has 0 radical (unpaired) electrons. The van der Waals surface area contributed by atoms with E-state index in [-0.39, 0.29) is 42.0 Å². The number of hydrogen-bond donors (Lipinski definition) is 0. The third-order valence-corrected chi connectivity index (χ3v) is 5.57. The molecule has 0 aliphatic rings. The standard InChI is InChI=1S/C25H46N.ClH.Na.H/c1-4-5-6-7-8-9-10-11-12-13-14-15-16-20-23-26(2,3)24-25-21-18-17-19-22-25;;;/h17-19,21-22H,4-16,20,23-24H2,1-3H3;1H;;/q+1;;;. The molecule has 0 atom stereocenters. The molecule has 28 heavy (non-hydrogen) atoms. The molecule has 0 bridgehead atoms. The Bertz CT molecular complexity index is 422. The fourth-order valence-electron chi connectivity index (χ4n) is 3.89. The van der Waals surface area contributed by atoms with Gasteiger partial charge in [0.15, 0.2) is 0 Å². The van der Waals surface area contributed by atoms with E-state index in [2.05, 4.69) is 51.4 Å². The molecule has 0 saturated heterocycles. The first-order valence-corrected chi connectivity index (χ1v) is 11.5. The van der Waals surface area contributed by atoms with Gasteiger partial charge in [0.1, 0.15) is 6.54 Å². The van der Waals surface area contributed by atoms with Gasteiger partial charge in [-0.25, -0.2) is 0 Å². The summed E-state index contributed by atoms with van der Waals surface area (Å²) in [7, 11) is 4.74. The molecule has 0 fully saturated rings. The number of quaternary nitrogens is 1. The van der Waals surface area contributed by atoms with Crippen molar-refractivity contribution in [1.29, 1.82) is 0 Å². The molecular weight excluding hydrogens is 373 g/mol. The molecule has 1 rings (SSSR count). The molecule has 1 nitrogen and oxygen atoms in total. The third kappa shape index (κ3) is 18.5. The Morgan fingerprint density at radius 3 is 1.43 bits per heavy atom. The quantitative estimate of drug-likeness (QED) is 0.139. The van der Waals surface area contributed by atoms with Crippen LogP contribution in [-0.2, 0) is 6.54 Å². The van der Waals surface area contributed by atoms with Crippen LogP contribution in [-0.4, -0.2) is 54.7 Å². The van der Waals surface area contributed by atoms with Crippen molar-refractivity contribution < 1.29 is 4.48 Å². The number of nitrogens with zero attached hydrogens (tertiary/aromatic N) is 1. The Kier molecular flexibility index (Phi) is 22.7. The van der Waals surface area contributed by atoms with Crippen molar-refractivity contribution in [2.24, 2.45) is 0 Å². The number of rotatable bonds is 17. The summed E-state index contributed by atoms with van der Waals surface area (Å²) in [5.41, 5.74) is 1.46. The van der Waals surface area contributed by atoms with Gasteiger partial charge in [-0.1, -0.05) is 114 Å². The summed E-state index contributed by atoms with van der Waals surface area (Å²) >= 11 is 0. The molecule has 0 heterocycles. The zero-order valence-corrected chi connectivity index (χ0v) is 19.4. The molecule has 3 heteroatoms. The van der Waals surface area contributed by atoms with Gasteiger partial charge < -0.3 is 4.48 Å². The van der Waals surface area contributed by atoms with Gasteiger partial charge in [-0.2, -0.15) is 0 Å².